The van der Waals surface area contributed by atoms with E-state index in [9.17, 15) is 13.2 Å². The van der Waals surface area contributed by atoms with E-state index in [1.165, 1.54) is 46.6 Å². The summed E-state index contributed by atoms with van der Waals surface area (Å²) in [6, 6.07) is 8.35. The van der Waals surface area contributed by atoms with Gasteiger partial charge in [0, 0.05) is 23.7 Å². The van der Waals surface area contributed by atoms with Gasteiger partial charge in [-0.1, -0.05) is 18.0 Å². The van der Waals surface area contributed by atoms with Gasteiger partial charge in [0.05, 0.1) is 27.8 Å². The first-order valence-corrected chi connectivity index (χ1v) is 13.0. The minimum absolute atomic E-state index is 0.163. The maximum atomic E-state index is 12.9. The zero-order valence-corrected chi connectivity index (χ0v) is 19.2. The number of methoxy groups -OCH3 is 1. The minimum atomic E-state index is -3.59. The maximum Gasteiger partial charge on any atom is 0.243 e. The van der Waals surface area contributed by atoms with Crippen molar-refractivity contribution in [3.8, 4) is 5.75 Å². The first-order valence-electron chi connectivity index (χ1n) is 9.20. The van der Waals surface area contributed by atoms with Crippen LogP contribution in [0.5, 0.6) is 5.75 Å². The number of benzene rings is 1. The number of anilines is 1. The molecule has 0 aliphatic carbocycles. The predicted octanol–water partition coefficient (Wildman–Crippen LogP) is 4.46. The number of carbonyl (C=O) groups is 1. The number of sulfonamides is 1. The maximum absolute atomic E-state index is 12.9. The van der Waals surface area contributed by atoms with Crippen LogP contribution >= 0.6 is 34.7 Å². The third-order valence-corrected chi connectivity index (χ3v) is 8.79. The molecule has 1 amide bonds. The Morgan fingerprint density at radius 1 is 1.24 bits per heavy atom. The van der Waals surface area contributed by atoms with E-state index in [0.29, 0.717) is 30.3 Å². The highest BCUT2D eigenvalue weighted by Crippen LogP contribution is 2.30. The molecule has 1 aliphatic heterocycles. The van der Waals surface area contributed by atoms with E-state index >= 15 is 0 Å². The highest BCUT2D eigenvalue weighted by Gasteiger charge is 2.27. The van der Waals surface area contributed by atoms with Gasteiger partial charge in [0.15, 0.2) is 0 Å². The van der Waals surface area contributed by atoms with Crippen LogP contribution in [0.3, 0.4) is 0 Å². The zero-order valence-electron chi connectivity index (χ0n) is 16.0. The lowest BCUT2D eigenvalue weighted by Crippen LogP contribution is -2.35. The Morgan fingerprint density at radius 2 is 2.00 bits per heavy atom. The molecule has 1 fully saturated rings. The molecule has 0 radical (unpaired) electrons. The Hall–Kier alpha value is -1.26. The molecule has 6 nitrogen and oxygen atoms in total. The number of nitrogens with zero attached hydrogens (tertiary/aromatic N) is 1. The molecule has 1 aromatic carbocycles. The van der Waals surface area contributed by atoms with Gasteiger partial charge in [-0.15, -0.1) is 23.1 Å². The van der Waals surface area contributed by atoms with Gasteiger partial charge >= 0.3 is 0 Å². The molecule has 0 spiro atoms. The quantitative estimate of drug-likeness (QED) is 0.611. The van der Waals surface area contributed by atoms with E-state index in [1.807, 2.05) is 12.1 Å². The second kappa shape index (κ2) is 10.2. The van der Waals surface area contributed by atoms with Gasteiger partial charge in [0.25, 0.3) is 0 Å². The summed E-state index contributed by atoms with van der Waals surface area (Å²) in [6.45, 7) is 1.05. The van der Waals surface area contributed by atoms with Crippen LogP contribution in [0.2, 0.25) is 4.34 Å². The SMILES string of the molecule is COc1ccc(S(=O)(=O)N2CCCCC2)cc1NC(=O)CSCc1ccc(Cl)s1. The van der Waals surface area contributed by atoms with Gasteiger partial charge in [-0.25, -0.2) is 8.42 Å². The highest BCUT2D eigenvalue weighted by atomic mass is 35.5. The van der Waals surface area contributed by atoms with Crippen molar-refractivity contribution in [2.24, 2.45) is 0 Å². The van der Waals surface area contributed by atoms with Crippen LogP contribution < -0.4 is 10.1 Å². The first-order chi connectivity index (χ1) is 13.9. The number of hydrogen-bond acceptors (Lipinski definition) is 6. The number of nitrogens with one attached hydrogen (secondary N) is 1. The fourth-order valence-electron chi connectivity index (χ4n) is 3.06. The molecule has 0 bridgehead atoms. The molecule has 1 N–H and O–H groups in total. The van der Waals surface area contributed by atoms with Crippen LogP contribution in [0.25, 0.3) is 0 Å². The Kier molecular flexibility index (Phi) is 7.86. The average Bonchev–Trinajstić information content (AvgIpc) is 3.13. The summed E-state index contributed by atoms with van der Waals surface area (Å²) in [5.41, 5.74) is 0.357. The van der Waals surface area contributed by atoms with Gasteiger partial charge in [0.2, 0.25) is 15.9 Å². The van der Waals surface area contributed by atoms with Gasteiger partial charge < -0.3 is 10.1 Å². The molecule has 2 heterocycles. The lowest BCUT2D eigenvalue weighted by atomic mass is 10.2. The fraction of sp³-hybridized carbons (Fsp3) is 0.421. The number of thiophene rings is 1. The van der Waals surface area contributed by atoms with Gasteiger partial charge in [0.1, 0.15) is 5.75 Å². The van der Waals surface area contributed by atoms with Crippen LogP contribution in [-0.2, 0) is 20.6 Å². The van der Waals surface area contributed by atoms with Crippen molar-refractivity contribution in [1.82, 2.24) is 4.31 Å². The minimum Gasteiger partial charge on any atom is -0.495 e. The molecule has 1 saturated heterocycles. The smallest absolute Gasteiger partial charge is 0.243 e. The second-order valence-electron chi connectivity index (χ2n) is 6.57. The number of halogens is 1. The van der Waals surface area contributed by atoms with Gasteiger partial charge in [-0.3, -0.25) is 4.79 Å². The Balaban J connectivity index is 1.67. The van der Waals surface area contributed by atoms with Crippen molar-refractivity contribution in [1.29, 1.82) is 0 Å². The summed E-state index contributed by atoms with van der Waals surface area (Å²) in [4.78, 5) is 13.6. The van der Waals surface area contributed by atoms with Crippen molar-refractivity contribution < 1.29 is 17.9 Å². The third kappa shape index (κ3) is 5.88. The van der Waals surface area contributed by atoms with Crippen LogP contribution in [0.4, 0.5) is 5.69 Å². The Morgan fingerprint density at radius 3 is 2.66 bits per heavy atom. The van der Waals surface area contributed by atoms with Crippen molar-refractivity contribution in [3.05, 3.63) is 39.5 Å². The molecule has 0 saturated carbocycles. The van der Waals surface area contributed by atoms with Gasteiger partial charge in [-0.2, -0.15) is 4.31 Å². The molecule has 0 atom stereocenters. The molecule has 1 aromatic heterocycles. The first kappa shape index (κ1) is 22.4. The molecular formula is C19H23ClN2O4S3. The summed E-state index contributed by atoms with van der Waals surface area (Å²) in [5, 5.41) is 2.78. The van der Waals surface area contributed by atoms with Gasteiger partial charge in [-0.05, 0) is 43.2 Å². The van der Waals surface area contributed by atoms with Crippen molar-refractivity contribution in [2.75, 3.05) is 31.3 Å². The third-order valence-electron chi connectivity index (χ3n) is 4.50. The largest absolute Gasteiger partial charge is 0.495 e. The normalized spacial score (nSPS) is 15.2. The molecule has 10 heteroatoms. The lowest BCUT2D eigenvalue weighted by molar-refractivity contribution is -0.113. The standard InChI is InChI=1S/C19H23ClN2O4S3/c1-26-17-7-6-15(29(24,25)22-9-3-2-4-10-22)11-16(17)21-19(23)13-27-12-14-5-8-18(20)28-14/h5-8,11H,2-4,9-10,12-13H2,1H3,(H,21,23). The summed E-state index contributed by atoms with van der Waals surface area (Å²) < 4.78 is 33.4. The Labute approximate surface area is 184 Å². The van der Waals surface area contributed by atoms with Crippen LogP contribution in [0, 0.1) is 0 Å². The van der Waals surface area contributed by atoms with E-state index < -0.39 is 10.0 Å². The molecule has 0 unspecified atom stereocenters. The number of ether oxygens (including phenoxy) is 1. The number of carbonyl (C=O) groups excluding carboxylic acids is 1. The monoisotopic (exact) mass is 474 g/mol. The second-order valence-corrected chi connectivity index (χ2v) is 11.3. The van der Waals surface area contributed by atoms with E-state index in [2.05, 4.69) is 5.32 Å². The summed E-state index contributed by atoms with van der Waals surface area (Å²) in [6.07, 6.45) is 2.78. The molecule has 2 aromatic rings. The zero-order chi connectivity index (χ0) is 20.9. The van der Waals surface area contributed by atoms with Crippen LogP contribution in [0.1, 0.15) is 24.1 Å². The van der Waals surface area contributed by atoms with Crippen molar-refractivity contribution in [3.63, 3.8) is 0 Å². The lowest BCUT2D eigenvalue weighted by Gasteiger charge is -2.26. The van der Waals surface area contributed by atoms with Crippen LogP contribution in [-0.4, -0.2) is 44.6 Å². The van der Waals surface area contributed by atoms with Crippen LogP contribution in [0.15, 0.2) is 35.2 Å². The predicted molar refractivity (Wildman–Crippen MR) is 120 cm³/mol. The van der Waals surface area contributed by atoms with Crippen molar-refractivity contribution >= 4 is 56.3 Å². The summed E-state index contributed by atoms with van der Waals surface area (Å²) in [5.74, 6) is 1.13. The van der Waals surface area contributed by atoms with Crippen molar-refractivity contribution in [2.45, 2.75) is 29.9 Å². The number of amides is 1. The van der Waals surface area contributed by atoms with E-state index in [4.69, 9.17) is 16.3 Å². The fourth-order valence-corrected chi connectivity index (χ4v) is 6.63. The molecule has 29 heavy (non-hydrogen) atoms. The average molecular weight is 475 g/mol. The van der Waals surface area contributed by atoms with E-state index in [0.717, 1.165) is 28.5 Å². The number of hydrogen-bond donors (Lipinski definition) is 1. The Bertz CT molecular complexity index is 956. The number of rotatable bonds is 8. The molecule has 158 valence electrons. The van der Waals surface area contributed by atoms with E-state index in [1.54, 1.807) is 6.07 Å². The molecular weight excluding hydrogens is 452 g/mol. The molecule has 1 aliphatic rings. The summed E-state index contributed by atoms with van der Waals surface area (Å²) in [7, 11) is -2.10. The summed E-state index contributed by atoms with van der Waals surface area (Å²) >= 11 is 8.87. The number of thioether (sulfide) groups is 1. The molecule has 3 rings (SSSR count). The topological polar surface area (TPSA) is 75.7 Å². The highest BCUT2D eigenvalue weighted by molar-refractivity contribution is 7.99. The number of piperidine rings is 1. The van der Waals surface area contributed by atoms with E-state index in [-0.39, 0.29) is 16.6 Å².